The normalized spacial score (nSPS) is 17.7. The molecule has 134 valence electrons. The quantitative estimate of drug-likeness (QED) is 0.920. The number of carbonyl (C=O) groups is 1. The lowest BCUT2D eigenvalue weighted by Crippen LogP contribution is -2.40. The zero-order chi connectivity index (χ0) is 18.7. The summed E-state index contributed by atoms with van der Waals surface area (Å²) in [5.74, 6) is 0.641. The molecule has 1 amide bonds. The van der Waals surface area contributed by atoms with Crippen LogP contribution in [0.4, 0.5) is 5.82 Å². The van der Waals surface area contributed by atoms with Gasteiger partial charge >= 0.3 is 0 Å². The highest BCUT2D eigenvalue weighted by Gasteiger charge is 2.32. The van der Waals surface area contributed by atoms with Gasteiger partial charge in [0.15, 0.2) is 0 Å². The Bertz CT molecular complexity index is 836. The molecule has 0 saturated carbocycles. The monoisotopic (exact) mass is 348 g/mol. The van der Waals surface area contributed by atoms with Crippen LogP contribution >= 0.6 is 0 Å². The Labute approximate surface area is 154 Å². The number of amides is 1. The van der Waals surface area contributed by atoms with Crippen molar-refractivity contribution in [1.29, 1.82) is 5.26 Å². The van der Waals surface area contributed by atoms with Crippen LogP contribution in [-0.2, 0) is 10.2 Å². The Morgan fingerprint density at radius 3 is 2.81 bits per heavy atom. The minimum absolute atomic E-state index is 0.0295. The van der Waals surface area contributed by atoms with Crippen molar-refractivity contribution in [2.45, 2.75) is 38.1 Å². The van der Waals surface area contributed by atoms with Crippen LogP contribution in [-0.4, -0.2) is 24.5 Å². The Hall–Kier alpha value is -2.87. The molecule has 0 radical (unpaired) electrons. The Balaban J connectivity index is 1.67. The van der Waals surface area contributed by atoms with Crippen LogP contribution in [0.25, 0.3) is 0 Å². The molecule has 1 aliphatic carbocycles. The number of pyridine rings is 1. The second-order valence-electron chi connectivity index (χ2n) is 7.50. The van der Waals surface area contributed by atoms with Gasteiger partial charge in [-0.25, -0.2) is 4.98 Å². The Kier molecular flexibility index (Phi) is 4.94. The summed E-state index contributed by atoms with van der Waals surface area (Å²) in [7, 11) is 1.83. The maximum atomic E-state index is 12.6. The number of anilines is 1. The van der Waals surface area contributed by atoms with Gasteiger partial charge < -0.3 is 10.2 Å². The van der Waals surface area contributed by atoms with Crippen molar-refractivity contribution in [2.24, 2.45) is 0 Å². The van der Waals surface area contributed by atoms with E-state index >= 15 is 0 Å². The van der Waals surface area contributed by atoms with Crippen molar-refractivity contribution in [2.75, 3.05) is 18.5 Å². The van der Waals surface area contributed by atoms with Crippen LogP contribution in [0.5, 0.6) is 0 Å². The highest BCUT2D eigenvalue weighted by Crippen LogP contribution is 2.41. The molecule has 0 bridgehead atoms. The number of nitriles is 1. The lowest BCUT2D eigenvalue weighted by Gasteiger charge is -2.37. The molecular weight excluding hydrogens is 324 g/mol. The molecule has 1 aromatic heterocycles. The average Bonchev–Trinajstić information content (AvgIpc) is 2.64. The summed E-state index contributed by atoms with van der Waals surface area (Å²) in [5, 5.41) is 12.0. The molecule has 26 heavy (non-hydrogen) atoms. The molecule has 3 rings (SSSR count). The van der Waals surface area contributed by atoms with Gasteiger partial charge in [0.1, 0.15) is 11.9 Å². The van der Waals surface area contributed by atoms with E-state index in [1.54, 1.807) is 17.0 Å². The van der Waals surface area contributed by atoms with Gasteiger partial charge in [0.05, 0.1) is 18.2 Å². The summed E-state index contributed by atoms with van der Waals surface area (Å²) in [5.41, 5.74) is 3.18. The molecule has 1 heterocycles. The molecule has 1 unspecified atom stereocenters. The van der Waals surface area contributed by atoms with Crippen LogP contribution in [0, 0.1) is 11.3 Å². The van der Waals surface area contributed by atoms with E-state index in [2.05, 4.69) is 42.3 Å². The maximum Gasteiger partial charge on any atom is 0.240 e. The van der Waals surface area contributed by atoms with Gasteiger partial charge in [-0.05, 0) is 41.5 Å². The predicted molar refractivity (Wildman–Crippen MR) is 102 cm³/mol. The van der Waals surface area contributed by atoms with E-state index in [1.807, 2.05) is 19.2 Å². The second kappa shape index (κ2) is 7.17. The average molecular weight is 348 g/mol. The number of nitrogens with one attached hydrogen (secondary N) is 1. The van der Waals surface area contributed by atoms with Crippen molar-refractivity contribution < 1.29 is 4.79 Å². The van der Waals surface area contributed by atoms with E-state index in [9.17, 15) is 4.79 Å². The zero-order valence-corrected chi connectivity index (χ0v) is 15.5. The summed E-state index contributed by atoms with van der Waals surface area (Å²) >= 11 is 0. The van der Waals surface area contributed by atoms with Gasteiger partial charge in [0, 0.05) is 13.2 Å². The van der Waals surface area contributed by atoms with Crippen LogP contribution in [0.3, 0.4) is 0 Å². The minimum atomic E-state index is -0.0295. The fraction of sp³-hybridized carbons (Fsp3) is 0.381. The highest BCUT2D eigenvalue weighted by atomic mass is 16.2. The van der Waals surface area contributed by atoms with Crippen LogP contribution in [0.15, 0.2) is 42.6 Å². The highest BCUT2D eigenvalue weighted by molar-refractivity contribution is 5.81. The summed E-state index contributed by atoms with van der Waals surface area (Å²) in [4.78, 5) is 18.6. The molecule has 2 aromatic rings. The van der Waals surface area contributed by atoms with E-state index in [0.717, 1.165) is 12.8 Å². The lowest BCUT2D eigenvalue weighted by molar-refractivity contribution is -0.120. The van der Waals surface area contributed by atoms with Gasteiger partial charge in [-0.15, -0.1) is 0 Å². The van der Waals surface area contributed by atoms with Crippen LogP contribution in [0.2, 0.25) is 0 Å². The van der Waals surface area contributed by atoms with Crippen molar-refractivity contribution in [3.8, 4) is 6.07 Å². The topological polar surface area (TPSA) is 69.0 Å². The van der Waals surface area contributed by atoms with Crippen molar-refractivity contribution in [3.05, 3.63) is 59.3 Å². The lowest BCUT2D eigenvalue weighted by atomic mass is 9.71. The number of fused-ring (bicyclic) bond motifs is 1. The number of nitrogens with zero attached hydrogens (tertiary/aromatic N) is 3. The van der Waals surface area contributed by atoms with E-state index in [0.29, 0.717) is 11.4 Å². The first-order valence-corrected chi connectivity index (χ1v) is 8.87. The largest absolute Gasteiger partial charge is 0.350 e. The smallest absolute Gasteiger partial charge is 0.240 e. The second-order valence-corrected chi connectivity index (χ2v) is 7.50. The number of benzene rings is 1. The number of hydrogen-bond acceptors (Lipinski definition) is 4. The van der Waals surface area contributed by atoms with Crippen LogP contribution in [0.1, 0.15) is 49.4 Å². The van der Waals surface area contributed by atoms with E-state index < -0.39 is 0 Å². The van der Waals surface area contributed by atoms with Gasteiger partial charge in [-0.2, -0.15) is 5.26 Å². The Morgan fingerprint density at radius 1 is 1.35 bits per heavy atom. The SMILES string of the molecule is CN(CC(=O)NC1CCC(C)(C)c2ccccc21)c1ccc(C#N)cn1. The molecule has 1 aromatic carbocycles. The maximum absolute atomic E-state index is 12.6. The van der Waals surface area contributed by atoms with Crippen molar-refractivity contribution in [1.82, 2.24) is 10.3 Å². The third-order valence-corrected chi connectivity index (χ3v) is 5.11. The predicted octanol–water partition coefficient (Wildman–Crippen LogP) is 3.32. The molecular formula is C21H24N4O. The van der Waals surface area contributed by atoms with E-state index in [-0.39, 0.29) is 23.9 Å². The third-order valence-electron chi connectivity index (χ3n) is 5.11. The Morgan fingerprint density at radius 2 is 2.12 bits per heavy atom. The first kappa shape index (κ1) is 17.9. The molecule has 0 aliphatic heterocycles. The van der Waals surface area contributed by atoms with Gasteiger partial charge in [0.2, 0.25) is 5.91 Å². The third kappa shape index (κ3) is 3.70. The molecule has 0 fully saturated rings. The van der Waals surface area contributed by atoms with Gasteiger partial charge in [0.25, 0.3) is 0 Å². The first-order valence-electron chi connectivity index (χ1n) is 8.87. The number of carbonyl (C=O) groups excluding carboxylic acids is 1. The number of hydrogen-bond donors (Lipinski definition) is 1. The molecule has 1 aliphatic rings. The molecule has 0 saturated heterocycles. The zero-order valence-electron chi connectivity index (χ0n) is 15.5. The van der Waals surface area contributed by atoms with E-state index in [1.165, 1.54) is 17.3 Å². The fourth-order valence-electron chi connectivity index (χ4n) is 3.58. The van der Waals surface area contributed by atoms with E-state index in [4.69, 9.17) is 5.26 Å². The number of likely N-dealkylation sites (N-methyl/N-ethyl adjacent to an activating group) is 1. The molecule has 0 spiro atoms. The summed E-state index contributed by atoms with van der Waals surface area (Å²) in [6, 6.07) is 13.9. The summed E-state index contributed by atoms with van der Waals surface area (Å²) in [6.45, 7) is 4.74. The first-order chi connectivity index (χ1) is 12.4. The molecule has 1 atom stereocenters. The van der Waals surface area contributed by atoms with Crippen LogP contribution < -0.4 is 10.2 Å². The molecule has 5 heteroatoms. The standard InChI is InChI=1S/C21H24N4O/c1-21(2)11-10-18(16-6-4-5-7-17(16)21)24-20(26)14-25(3)19-9-8-15(12-22)13-23-19/h4-9,13,18H,10-11,14H2,1-3H3,(H,24,26). The van der Waals surface area contributed by atoms with Crippen molar-refractivity contribution >= 4 is 11.7 Å². The van der Waals surface area contributed by atoms with Crippen molar-refractivity contribution in [3.63, 3.8) is 0 Å². The number of rotatable bonds is 4. The minimum Gasteiger partial charge on any atom is -0.350 e. The molecule has 1 N–H and O–H groups in total. The van der Waals surface area contributed by atoms with Gasteiger partial charge in [-0.3, -0.25) is 4.79 Å². The summed E-state index contributed by atoms with van der Waals surface area (Å²) in [6.07, 6.45) is 3.50. The molecule has 5 nitrogen and oxygen atoms in total. The number of aromatic nitrogens is 1. The summed E-state index contributed by atoms with van der Waals surface area (Å²) < 4.78 is 0. The fourth-order valence-corrected chi connectivity index (χ4v) is 3.58. The van der Waals surface area contributed by atoms with Gasteiger partial charge in [-0.1, -0.05) is 38.1 Å².